The zero-order chi connectivity index (χ0) is 15.3. The Kier molecular flexibility index (Phi) is 6.06. The van der Waals surface area contributed by atoms with Crippen LogP contribution in [0.15, 0.2) is 0 Å². The topological polar surface area (TPSA) is 52.6 Å². The largest absolute Gasteiger partial charge is 0.480 e. The van der Waals surface area contributed by atoms with E-state index in [1.165, 1.54) is 32.2 Å². The van der Waals surface area contributed by atoms with E-state index in [2.05, 4.69) is 17.1 Å². The third-order valence-electron chi connectivity index (χ3n) is 5.65. The van der Waals surface area contributed by atoms with Crippen molar-refractivity contribution in [2.75, 3.05) is 19.6 Å². The molecule has 0 spiro atoms. The Morgan fingerprint density at radius 3 is 2.81 bits per heavy atom. The summed E-state index contributed by atoms with van der Waals surface area (Å²) in [6.45, 7) is 7.33. The number of carboxylic acids is 1. The van der Waals surface area contributed by atoms with Gasteiger partial charge in [0.25, 0.3) is 0 Å². The molecule has 0 aromatic rings. The van der Waals surface area contributed by atoms with Crippen LogP contribution in [-0.2, 0) is 4.79 Å². The summed E-state index contributed by atoms with van der Waals surface area (Å²) in [7, 11) is 0. The molecule has 1 aliphatic carbocycles. The fourth-order valence-electron chi connectivity index (χ4n) is 4.36. The molecule has 1 saturated carbocycles. The standard InChI is InChI=1S/C17H32N2O2/c1-3-18-17(16(20)21)11-7-9-15(17)10-13-19-12-6-4-5-8-14(19)2/h14-15,18H,3-13H2,1-2H3,(H,20,21). The normalized spacial score (nSPS) is 34.8. The lowest BCUT2D eigenvalue weighted by molar-refractivity contribution is -0.146. The van der Waals surface area contributed by atoms with Crippen LogP contribution in [0, 0.1) is 5.92 Å². The fourth-order valence-corrected chi connectivity index (χ4v) is 4.36. The predicted molar refractivity (Wildman–Crippen MR) is 85.5 cm³/mol. The molecule has 0 radical (unpaired) electrons. The summed E-state index contributed by atoms with van der Waals surface area (Å²) < 4.78 is 0. The average molecular weight is 296 g/mol. The second-order valence-corrected chi connectivity index (χ2v) is 6.92. The number of rotatable bonds is 6. The van der Waals surface area contributed by atoms with Gasteiger partial charge in [0.15, 0.2) is 0 Å². The first kappa shape index (κ1) is 16.8. The van der Waals surface area contributed by atoms with Gasteiger partial charge in [0, 0.05) is 6.04 Å². The molecule has 3 unspecified atom stereocenters. The lowest BCUT2D eigenvalue weighted by Crippen LogP contribution is -2.55. The maximum atomic E-state index is 11.8. The highest BCUT2D eigenvalue weighted by Gasteiger charge is 2.48. The Hall–Kier alpha value is -0.610. The van der Waals surface area contributed by atoms with E-state index in [9.17, 15) is 9.90 Å². The summed E-state index contributed by atoms with van der Waals surface area (Å²) >= 11 is 0. The summed E-state index contributed by atoms with van der Waals surface area (Å²) in [5, 5.41) is 13.0. The zero-order valence-electron chi connectivity index (χ0n) is 13.7. The van der Waals surface area contributed by atoms with E-state index in [-0.39, 0.29) is 5.92 Å². The molecule has 0 bridgehead atoms. The molecule has 122 valence electrons. The van der Waals surface area contributed by atoms with E-state index in [1.54, 1.807) is 0 Å². The summed E-state index contributed by atoms with van der Waals surface area (Å²) in [5.41, 5.74) is -0.663. The first-order chi connectivity index (χ1) is 10.1. The Morgan fingerprint density at radius 1 is 1.29 bits per heavy atom. The molecule has 21 heavy (non-hydrogen) atoms. The monoisotopic (exact) mass is 296 g/mol. The summed E-state index contributed by atoms with van der Waals surface area (Å²) in [5.74, 6) is -0.360. The molecule has 4 nitrogen and oxygen atoms in total. The number of nitrogens with zero attached hydrogens (tertiary/aromatic N) is 1. The van der Waals surface area contributed by atoms with E-state index in [0.29, 0.717) is 6.04 Å². The highest BCUT2D eigenvalue weighted by Crippen LogP contribution is 2.38. The maximum absolute atomic E-state index is 11.8. The molecular weight excluding hydrogens is 264 g/mol. The van der Waals surface area contributed by atoms with Crippen LogP contribution in [0.2, 0.25) is 0 Å². The molecule has 1 heterocycles. The number of carboxylic acid groups (broad SMARTS) is 1. The van der Waals surface area contributed by atoms with Gasteiger partial charge in [0.05, 0.1) is 0 Å². The average Bonchev–Trinajstić information content (AvgIpc) is 2.75. The second kappa shape index (κ2) is 7.59. The molecule has 0 aromatic carbocycles. The van der Waals surface area contributed by atoms with Crippen LogP contribution in [0.1, 0.15) is 65.2 Å². The van der Waals surface area contributed by atoms with Crippen LogP contribution < -0.4 is 5.32 Å². The van der Waals surface area contributed by atoms with Gasteiger partial charge in [-0.2, -0.15) is 0 Å². The van der Waals surface area contributed by atoms with Gasteiger partial charge in [-0.1, -0.05) is 26.2 Å². The van der Waals surface area contributed by atoms with Gasteiger partial charge in [-0.3, -0.25) is 4.79 Å². The zero-order valence-corrected chi connectivity index (χ0v) is 13.7. The predicted octanol–water partition coefficient (Wildman–Crippen LogP) is 2.87. The molecule has 0 amide bonds. The summed E-state index contributed by atoms with van der Waals surface area (Å²) in [6.07, 6.45) is 9.19. The van der Waals surface area contributed by atoms with E-state index >= 15 is 0 Å². The van der Waals surface area contributed by atoms with Crippen LogP contribution in [-0.4, -0.2) is 47.2 Å². The number of likely N-dealkylation sites (tertiary alicyclic amines) is 1. The molecule has 1 aliphatic heterocycles. The smallest absolute Gasteiger partial charge is 0.324 e. The van der Waals surface area contributed by atoms with Crippen molar-refractivity contribution in [2.45, 2.75) is 76.8 Å². The Labute approximate surface area is 129 Å². The first-order valence-electron chi connectivity index (χ1n) is 8.82. The van der Waals surface area contributed by atoms with E-state index in [1.807, 2.05) is 6.92 Å². The van der Waals surface area contributed by atoms with Crippen molar-refractivity contribution < 1.29 is 9.90 Å². The molecule has 2 fully saturated rings. The second-order valence-electron chi connectivity index (χ2n) is 6.92. The molecule has 0 aromatic heterocycles. The molecule has 1 saturated heterocycles. The van der Waals surface area contributed by atoms with Gasteiger partial charge in [-0.05, 0) is 64.6 Å². The Bertz CT molecular complexity index is 348. The molecule has 4 heteroatoms. The van der Waals surface area contributed by atoms with Gasteiger partial charge in [0.1, 0.15) is 5.54 Å². The van der Waals surface area contributed by atoms with Crippen LogP contribution in [0.4, 0.5) is 0 Å². The van der Waals surface area contributed by atoms with E-state index < -0.39 is 11.5 Å². The lowest BCUT2D eigenvalue weighted by Gasteiger charge is -2.34. The Morgan fingerprint density at radius 2 is 2.10 bits per heavy atom. The molecular formula is C17H32N2O2. The molecule has 2 rings (SSSR count). The quantitative estimate of drug-likeness (QED) is 0.791. The third kappa shape index (κ3) is 3.78. The van der Waals surface area contributed by atoms with Crippen LogP contribution in [0.5, 0.6) is 0 Å². The van der Waals surface area contributed by atoms with Crippen molar-refractivity contribution in [1.29, 1.82) is 0 Å². The van der Waals surface area contributed by atoms with Crippen LogP contribution in [0.3, 0.4) is 0 Å². The van der Waals surface area contributed by atoms with E-state index in [4.69, 9.17) is 0 Å². The first-order valence-corrected chi connectivity index (χ1v) is 8.82. The summed E-state index contributed by atoms with van der Waals surface area (Å²) in [4.78, 5) is 14.4. The highest BCUT2D eigenvalue weighted by molar-refractivity contribution is 5.79. The third-order valence-corrected chi connectivity index (χ3v) is 5.65. The minimum absolute atomic E-state index is 0.283. The van der Waals surface area contributed by atoms with Crippen LogP contribution in [0.25, 0.3) is 0 Å². The van der Waals surface area contributed by atoms with Crippen molar-refractivity contribution >= 4 is 5.97 Å². The minimum Gasteiger partial charge on any atom is -0.480 e. The molecule has 2 N–H and O–H groups in total. The van der Waals surface area contributed by atoms with Crippen molar-refractivity contribution in [3.05, 3.63) is 0 Å². The molecule has 3 atom stereocenters. The number of carbonyl (C=O) groups is 1. The fraction of sp³-hybridized carbons (Fsp3) is 0.941. The molecule has 2 aliphatic rings. The highest BCUT2D eigenvalue weighted by atomic mass is 16.4. The van der Waals surface area contributed by atoms with Gasteiger partial charge < -0.3 is 15.3 Å². The number of aliphatic carboxylic acids is 1. The maximum Gasteiger partial charge on any atom is 0.324 e. The van der Waals surface area contributed by atoms with Gasteiger partial charge in [0.2, 0.25) is 0 Å². The van der Waals surface area contributed by atoms with Crippen LogP contribution >= 0.6 is 0 Å². The lowest BCUT2D eigenvalue weighted by atomic mass is 9.84. The minimum atomic E-state index is -0.663. The van der Waals surface area contributed by atoms with E-state index in [0.717, 1.165) is 38.8 Å². The number of nitrogens with one attached hydrogen (secondary N) is 1. The number of likely N-dealkylation sites (N-methyl/N-ethyl adjacent to an activating group) is 1. The van der Waals surface area contributed by atoms with Gasteiger partial charge >= 0.3 is 5.97 Å². The Balaban J connectivity index is 1.95. The SMILES string of the molecule is CCNC1(C(=O)O)CCCC1CCN1CCCCCC1C. The summed E-state index contributed by atoms with van der Waals surface area (Å²) in [6, 6.07) is 0.660. The van der Waals surface area contributed by atoms with Crippen molar-refractivity contribution in [2.24, 2.45) is 5.92 Å². The van der Waals surface area contributed by atoms with Gasteiger partial charge in [-0.15, -0.1) is 0 Å². The van der Waals surface area contributed by atoms with Crippen molar-refractivity contribution in [3.63, 3.8) is 0 Å². The number of hydrogen-bond acceptors (Lipinski definition) is 3. The van der Waals surface area contributed by atoms with Crippen molar-refractivity contribution in [1.82, 2.24) is 10.2 Å². The van der Waals surface area contributed by atoms with Crippen molar-refractivity contribution in [3.8, 4) is 0 Å². The van der Waals surface area contributed by atoms with Gasteiger partial charge in [-0.25, -0.2) is 0 Å². The number of hydrogen-bond donors (Lipinski definition) is 2.